The van der Waals surface area contributed by atoms with E-state index in [0.717, 1.165) is 42.6 Å². The van der Waals surface area contributed by atoms with Crippen molar-refractivity contribution in [3.05, 3.63) is 34.9 Å². The number of aryl methyl sites for hydroxylation is 1. The molecule has 3 N–H and O–H groups in total. The molecular weight excluding hydrogens is 370 g/mol. The molecule has 8 heteroatoms. The molecular formula is C19H24ClN3O4. The van der Waals surface area contributed by atoms with Gasteiger partial charge >= 0.3 is 0 Å². The standard InChI is InChI=1S/C19H23N3O4.ClH/c20-10-4-2-1-3-5-12-6-7-13-14(11-12)19(26)22(18(13)25)15-8-9-16(23)21-17(15)24;/h6-7,11,15H,1-5,8-10,20H2,(H,21,23,24);1H. The molecule has 0 radical (unpaired) electrons. The summed E-state index contributed by atoms with van der Waals surface area (Å²) in [6, 6.07) is 4.36. The Morgan fingerprint density at radius 1 is 1.00 bits per heavy atom. The second-order valence-corrected chi connectivity index (χ2v) is 6.78. The van der Waals surface area contributed by atoms with Crippen molar-refractivity contribution >= 4 is 36.0 Å². The van der Waals surface area contributed by atoms with Crippen LogP contribution < -0.4 is 11.1 Å². The first-order valence-corrected chi connectivity index (χ1v) is 9.07. The average molecular weight is 394 g/mol. The fraction of sp³-hybridized carbons (Fsp3) is 0.474. The van der Waals surface area contributed by atoms with Crippen LogP contribution in [0.3, 0.4) is 0 Å². The van der Waals surface area contributed by atoms with Gasteiger partial charge in [-0.2, -0.15) is 0 Å². The Balaban J connectivity index is 0.00000261. The number of amides is 4. The van der Waals surface area contributed by atoms with Gasteiger partial charge < -0.3 is 5.73 Å². The second kappa shape index (κ2) is 9.10. The molecule has 3 rings (SSSR count). The highest BCUT2D eigenvalue weighted by Gasteiger charge is 2.44. The molecule has 1 saturated heterocycles. The largest absolute Gasteiger partial charge is 0.330 e. The normalized spacial score (nSPS) is 19.0. The molecule has 1 atom stereocenters. The van der Waals surface area contributed by atoms with E-state index >= 15 is 0 Å². The Kier molecular flexibility index (Phi) is 7.10. The summed E-state index contributed by atoms with van der Waals surface area (Å²) >= 11 is 0. The van der Waals surface area contributed by atoms with Crippen LogP contribution in [-0.2, 0) is 16.0 Å². The van der Waals surface area contributed by atoms with Gasteiger partial charge in [0.15, 0.2) is 0 Å². The number of carbonyl (C=O) groups excluding carboxylic acids is 4. The van der Waals surface area contributed by atoms with Crippen LogP contribution in [0.5, 0.6) is 0 Å². The number of hydrogen-bond donors (Lipinski definition) is 2. The third-order valence-corrected chi connectivity index (χ3v) is 4.92. The Morgan fingerprint density at radius 3 is 2.41 bits per heavy atom. The van der Waals surface area contributed by atoms with Crippen molar-refractivity contribution in [3.8, 4) is 0 Å². The van der Waals surface area contributed by atoms with E-state index < -0.39 is 23.8 Å². The van der Waals surface area contributed by atoms with E-state index in [1.165, 1.54) is 0 Å². The number of unbranched alkanes of at least 4 members (excludes halogenated alkanes) is 3. The lowest BCUT2D eigenvalue weighted by atomic mass is 10.0. The maximum absolute atomic E-state index is 12.7. The van der Waals surface area contributed by atoms with Crippen LogP contribution in [0, 0.1) is 0 Å². The lowest BCUT2D eigenvalue weighted by Crippen LogP contribution is -2.54. The summed E-state index contributed by atoms with van der Waals surface area (Å²) in [7, 11) is 0. The molecule has 1 aromatic carbocycles. The topological polar surface area (TPSA) is 110 Å². The van der Waals surface area contributed by atoms with Gasteiger partial charge in [-0.3, -0.25) is 29.4 Å². The van der Waals surface area contributed by atoms with Gasteiger partial charge in [0.25, 0.3) is 11.8 Å². The zero-order chi connectivity index (χ0) is 18.7. The quantitative estimate of drug-likeness (QED) is 0.539. The number of rotatable bonds is 7. The van der Waals surface area contributed by atoms with Crippen molar-refractivity contribution in [2.45, 2.75) is 51.0 Å². The Labute approximate surface area is 164 Å². The minimum Gasteiger partial charge on any atom is -0.330 e. The molecule has 0 bridgehead atoms. The number of imide groups is 2. The minimum absolute atomic E-state index is 0. The van der Waals surface area contributed by atoms with Gasteiger partial charge in [-0.1, -0.05) is 18.9 Å². The van der Waals surface area contributed by atoms with Crippen LogP contribution in [0.15, 0.2) is 18.2 Å². The second-order valence-electron chi connectivity index (χ2n) is 6.78. The van der Waals surface area contributed by atoms with Gasteiger partial charge in [-0.15, -0.1) is 12.4 Å². The van der Waals surface area contributed by atoms with Crippen LogP contribution in [-0.4, -0.2) is 41.1 Å². The molecule has 0 saturated carbocycles. The first-order chi connectivity index (χ1) is 12.5. The van der Waals surface area contributed by atoms with E-state index in [0.29, 0.717) is 17.7 Å². The molecule has 2 heterocycles. The molecule has 0 spiro atoms. The number of nitrogens with one attached hydrogen (secondary N) is 1. The van der Waals surface area contributed by atoms with Crippen molar-refractivity contribution < 1.29 is 19.2 Å². The molecule has 4 amide bonds. The van der Waals surface area contributed by atoms with E-state index in [4.69, 9.17) is 5.73 Å². The molecule has 1 aromatic rings. The zero-order valence-electron chi connectivity index (χ0n) is 15.0. The van der Waals surface area contributed by atoms with E-state index in [2.05, 4.69) is 5.32 Å². The molecule has 1 unspecified atom stereocenters. The molecule has 7 nitrogen and oxygen atoms in total. The van der Waals surface area contributed by atoms with Gasteiger partial charge in [0, 0.05) is 6.42 Å². The monoisotopic (exact) mass is 393 g/mol. The van der Waals surface area contributed by atoms with E-state index in [1.807, 2.05) is 6.07 Å². The molecule has 2 aliphatic heterocycles. The zero-order valence-corrected chi connectivity index (χ0v) is 15.8. The van der Waals surface area contributed by atoms with Crippen LogP contribution in [0.2, 0.25) is 0 Å². The third kappa shape index (κ3) is 4.36. The number of halogens is 1. The smallest absolute Gasteiger partial charge is 0.262 e. The number of nitrogens with zero attached hydrogens (tertiary/aromatic N) is 1. The summed E-state index contributed by atoms with van der Waals surface area (Å²) in [5.74, 6) is -1.88. The number of nitrogens with two attached hydrogens (primary N) is 1. The Morgan fingerprint density at radius 2 is 1.70 bits per heavy atom. The number of carbonyl (C=O) groups is 4. The van der Waals surface area contributed by atoms with Crippen LogP contribution in [0.4, 0.5) is 0 Å². The fourth-order valence-electron chi connectivity index (χ4n) is 3.50. The summed E-state index contributed by atoms with van der Waals surface area (Å²) in [6.45, 7) is 0.700. The lowest BCUT2D eigenvalue weighted by molar-refractivity contribution is -0.136. The highest BCUT2D eigenvalue weighted by Crippen LogP contribution is 2.28. The Bertz CT molecular complexity index is 765. The van der Waals surface area contributed by atoms with E-state index in [1.54, 1.807) is 12.1 Å². The van der Waals surface area contributed by atoms with Crippen LogP contribution >= 0.6 is 12.4 Å². The van der Waals surface area contributed by atoms with Crippen molar-refractivity contribution in [1.29, 1.82) is 0 Å². The van der Waals surface area contributed by atoms with Gasteiger partial charge in [0.05, 0.1) is 11.1 Å². The van der Waals surface area contributed by atoms with E-state index in [-0.39, 0.29) is 31.2 Å². The highest BCUT2D eigenvalue weighted by atomic mass is 35.5. The Hall–Kier alpha value is -2.25. The van der Waals surface area contributed by atoms with Gasteiger partial charge in [0.2, 0.25) is 11.8 Å². The number of benzene rings is 1. The molecule has 1 fully saturated rings. The lowest BCUT2D eigenvalue weighted by Gasteiger charge is -2.27. The van der Waals surface area contributed by atoms with Gasteiger partial charge in [-0.25, -0.2) is 0 Å². The van der Waals surface area contributed by atoms with Crippen molar-refractivity contribution in [2.75, 3.05) is 6.54 Å². The molecule has 0 aliphatic carbocycles. The predicted molar refractivity (Wildman–Crippen MR) is 102 cm³/mol. The van der Waals surface area contributed by atoms with Crippen molar-refractivity contribution in [3.63, 3.8) is 0 Å². The number of fused-ring (bicyclic) bond motifs is 1. The van der Waals surface area contributed by atoms with Crippen LogP contribution in [0.1, 0.15) is 64.8 Å². The first kappa shape index (κ1) is 21.1. The molecule has 2 aliphatic rings. The minimum atomic E-state index is -0.917. The van der Waals surface area contributed by atoms with Crippen molar-refractivity contribution in [1.82, 2.24) is 10.2 Å². The average Bonchev–Trinajstić information content (AvgIpc) is 2.86. The summed E-state index contributed by atoms with van der Waals surface area (Å²) < 4.78 is 0. The SMILES string of the molecule is Cl.NCCCCCCc1ccc2c(c1)C(=O)N(C1CCC(=O)NC1=O)C2=O. The van der Waals surface area contributed by atoms with Crippen molar-refractivity contribution in [2.24, 2.45) is 5.73 Å². The molecule has 0 aromatic heterocycles. The summed E-state index contributed by atoms with van der Waals surface area (Å²) in [6.07, 6.45) is 5.29. The van der Waals surface area contributed by atoms with Gasteiger partial charge in [-0.05, 0) is 49.9 Å². The first-order valence-electron chi connectivity index (χ1n) is 9.07. The number of piperidine rings is 1. The highest BCUT2D eigenvalue weighted by molar-refractivity contribution is 6.23. The number of hydrogen-bond acceptors (Lipinski definition) is 5. The summed E-state index contributed by atoms with van der Waals surface area (Å²) in [5.41, 5.74) is 7.16. The van der Waals surface area contributed by atoms with E-state index in [9.17, 15) is 19.2 Å². The fourth-order valence-corrected chi connectivity index (χ4v) is 3.50. The summed E-state index contributed by atoms with van der Waals surface area (Å²) in [4.78, 5) is 49.7. The molecule has 146 valence electrons. The maximum Gasteiger partial charge on any atom is 0.262 e. The van der Waals surface area contributed by atoms with Crippen LogP contribution in [0.25, 0.3) is 0 Å². The third-order valence-electron chi connectivity index (χ3n) is 4.92. The molecule has 27 heavy (non-hydrogen) atoms. The maximum atomic E-state index is 12.7. The predicted octanol–water partition coefficient (Wildman–Crippen LogP) is 1.57. The van der Waals surface area contributed by atoms with Gasteiger partial charge in [0.1, 0.15) is 6.04 Å². The summed E-state index contributed by atoms with van der Waals surface area (Å²) in [5, 5.41) is 2.20.